The zero-order chi connectivity index (χ0) is 22.9. The zero-order valence-electron chi connectivity index (χ0n) is 17.7. The lowest BCUT2D eigenvalue weighted by Gasteiger charge is -2.12. The molecule has 31 heavy (non-hydrogen) atoms. The first-order valence-electron chi connectivity index (χ1n) is 9.71. The molecule has 0 bridgehead atoms. The van der Waals surface area contributed by atoms with Gasteiger partial charge in [0.05, 0.1) is 11.5 Å². The highest BCUT2D eigenvalue weighted by Gasteiger charge is 2.17. The van der Waals surface area contributed by atoms with Crippen LogP contribution in [0.15, 0.2) is 53.4 Å². The summed E-state index contributed by atoms with van der Waals surface area (Å²) in [7, 11) is -2.14. The molecule has 0 aliphatic carbocycles. The molecule has 0 aliphatic heterocycles. The number of nitrogens with one attached hydrogen (secondary N) is 3. The van der Waals surface area contributed by atoms with Crippen LogP contribution in [0.2, 0.25) is 0 Å². The molecule has 2 aromatic rings. The number of hydrogen-bond donors (Lipinski definition) is 3. The summed E-state index contributed by atoms with van der Waals surface area (Å²) in [4.78, 5) is 24.3. The highest BCUT2D eigenvalue weighted by Crippen LogP contribution is 2.17. The number of rotatable bonds is 10. The van der Waals surface area contributed by atoms with Crippen molar-refractivity contribution in [2.75, 3.05) is 31.0 Å². The molecule has 0 aromatic heterocycles. The smallest absolute Gasteiger partial charge is 0.411 e. The Morgan fingerprint density at radius 2 is 1.65 bits per heavy atom. The second-order valence-corrected chi connectivity index (χ2v) is 8.46. The average Bonchev–Trinajstić information content (AvgIpc) is 2.74. The van der Waals surface area contributed by atoms with Crippen LogP contribution in [0.5, 0.6) is 0 Å². The summed E-state index contributed by atoms with van der Waals surface area (Å²) >= 11 is 0. The largest absolute Gasteiger partial charge is 0.447 e. The van der Waals surface area contributed by atoms with Gasteiger partial charge >= 0.3 is 6.09 Å². The number of methoxy groups -OCH3 is 1. The van der Waals surface area contributed by atoms with Gasteiger partial charge in [-0.15, -0.1) is 0 Å². The molecule has 3 N–H and O–H groups in total. The molecular weight excluding hydrogens is 422 g/mol. The van der Waals surface area contributed by atoms with Crippen LogP contribution in [0.4, 0.5) is 16.2 Å². The third-order valence-electron chi connectivity index (χ3n) is 4.28. The van der Waals surface area contributed by atoms with E-state index in [2.05, 4.69) is 15.4 Å². The van der Waals surface area contributed by atoms with Gasteiger partial charge in [0.15, 0.2) is 0 Å². The predicted molar refractivity (Wildman–Crippen MR) is 118 cm³/mol. The van der Waals surface area contributed by atoms with E-state index in [9.17, 15) is 18.0 Å². The van der Waals surface area contributed by atoms with Crippen molar-refractivity contribution in [3.63, 3.8) is 0 Å². The van der Waals surface area contributed by atoms with Crippen LogP contribution >= 0.6 is 0 Å². The van der Waals surface area contributed by atoms with Crippen molar-refractivity contribution in [2.45, 2.75) is 31.2 Å². The second-order valence-electron chi connectivity index (χ2n) is 6.74. The number of hydrogen-bond acceptors (Lipinski definition) is 6. The van der Waals surface area contributed by atoms with E-state index < -0.39 is 22.0 Å². The minimum absolute atomic E-state index is 0.0857. The molecule has 9 nitrogen and oxygen atoms in total. The SMILES string of the molecule is CCC(C)NS(=O)(=O)c1ccc(C(=O)Nc2cccc(NC(=O)OCCOC)c2)cc1. The lowest BCUT2D eigenvalue weighted by molar-refractivity contribution is 0.102. The highest BCUT2D eigenvalue weighted by molar-refractivity contribution is 7.89. The number of carbonyl (C=O) groups excluding carboxylic acids is 2. The minimum Gasteiger partial charge on any atom is -0.447 e. The van der Waals surface area contributed by atoms with Crippen LogP contribution in [-0.2, 0) is 19.5 Å². The number of sulfonamides is 1. The maximum atomic E-state index is 12.5. The topological polar surface area (TPSA) is 123 Å². The summed E-state index contributed by atoms with van der Waals surface area (Å²) in [5.74, 6) is -0.418. The Balaban J connectivity index is 2.01. The van der Waals surface area contributed by atoms with Gasteiger partial charge in [-0.1, -0.05) is 13.0 Å². The van der Waals surface area contributed by atoms with Crippen LogP contribution in [0.25, 0.3) is 0 Å². The third kappa shape index (κ3) is 7.67. The molecule has 0 radical (unpaired) electrons. The van der Waals surface area contributed by atoms with Gasteiger partial charge in [-0.2, -0.15) is 0 Å². The van der Waals surface area contributed by atoms with Crippen LogP contribution in [0, 0.1) is 0 Å². The van der Waals surface area contributed by atoms with Crippen molar-refractivity contribution in [1.29, 1.82) is 0 Å². The summed E-state index contributed by atoms with van der Waals surface area (Å²) in [5.41, 5.74) is 1.19. The number of benzene rings is 2. The van der Waals surface area contributed by atoms with E-state index in [1.807, 2.05) is 6.92 Å². The Bertz CT molecular complexity index is 992. The zero-order valence-corrected chi connectivity index (χ0v) is 18.5. The van der Waals surface area contributed by atoms with E-state index in [0.29, 0.717) is 23.4 Å². The maximum Gasteiger partial charge on any atom is 0.411 e. The molecule has 0 fully saturated rings. The van der Waals surface area contributed by atoms with Gasteiger partial charge in [-0.05, 0) is 55.8 Å². The first kappa shape index (κ1) is 24.3. The molecule has 0 heterocycles. The molecule has 10 heteroatoms. The second kappa shape index (κ2) is 11.4. The van der Waals surface area contributed by atoms with Gasteiger partial charge < -0.3 is 14.8 Å². The Morgan fingerprint density at radius 3 is 2.26 bits per heavy atom. The van der Waals surface area contributed by atoms with Gasteiger partial charge in [0.1, 0.15) is 6.61 Å². The van der Waals surface area contributed by atoms with Crippen LogP contribution < -0.4 is 15.4 Å². The summed E-state index contributed by atoms with van der Waals surface area (Å²) < 4.78 is 36.9. The van der Waals surface area contributed by atoms with Gasteiger partial charge in [-0.25, -0.2) is 17.9 Å². The summed E-state index contributed by atoms with van der Waals surface area (Å²) in [6, 6.07) is 12.0. The molecule has 2 rings (SSSR count). The molecule has 168 valence electrons. The molecular formula is C21H27N3O6S. The van der Waals surface area contributed by atoms with Crippen LogP contribution in [0.3, 0.4) is 0 Å². The Hall–Kier alpha value is -2.95. The molecule has 0 saturated heterocycles. The lowest BCUT2D eigenvalue weighted by Crippen LogP contribution is -2.32. The fourth-order valence-corrected chi connectivity index (χ4v) is 3.78. The first-order valence-corrected chi connectivity index (χ1v) is 11.2. The summed E-state index contributed by atoms with van der Waals surface area (Å²) in [6.07, 6.45) is 0.0294. The maximum absolute atomic E-state index is 12.5. The van der Waals surface area contributed by atoms with Gasteiger partial charge in [0.2, 0.25) is 10.0 Å². The molecule has 2 aromatic carbocycles. The summed E-state index contributed by atoms with van der Waals surface area (Å²) in [6.45, 7) is 4.08. The highest BCUT2D eigenvalue weighted by atomic mass is 32.2. The van der Waals surface area contributed by atoms with E-state index in [1.165, 1.54) is 31.4 Å². The predicted octanol–water partition coefficient (Wildman–Crippen LogP) is 3.21. The standard InChI is InChI=1S/C21H27N3O6S/c1-4-15(2)24-31(27,28)19-10-8-16(9-11-19)20(25)22-17-6-5-7-18(14-17)23-21(26)30-13-12-29-3/h5-11,14-15,24H,4,12-13H2,1-3H3,(H,22,25)(H,23,26). The van der Waals surface area contributed by atoms with Crippen LogP contribution in [0.1, 0.15) is 30.6 Å². The number of amides is 2. The van der Waals surface area contributed by atoms with Crippen molar-refractivity contribution >= 4 is 33.4 Å². The molecule has 1 atom stereocenters. The van der Waals surface area contributed by atoms with Crippen molar-refractivity contribution in [1.82, 2.24) is 4.72 Å². The fourth-order valence-electron chi connectivity index (χ4n) is 2.45. The quantitative estimate of drug-likeness (QED) is 0.479. The summed E-state index contributed by atoms with van der Waals surface area (Å²) in [5, 5.41) is 5.26. The van der Waals surface area contributed by atoms with E-state index in [4.69, 9.17) is 9.47 Å². The van der Waals surface area contributed by atoms with E-state index in [0.717, 1.165) is 0 Å². The van der Waals surface area contributed by atoms with Crippen molar-refractivity contribution in [3.05, 3.63) is 54.1 Å². The number of carbonyl (C=O) groups is 2. The van der Waals surface area contributed by atoms with E-state index in [1.54, 1.807) is 31.2 Å². The van der Waals surface area contributed by atoms with Crippen molar-refractivity contribution in [2.24, 2.45) is 0 Å². The van der Waals surface area contributed by atoms with E-state index in [-0.39, 0.29) is 24.2 Å². The Morgan fingerprint density at radius 1 is 1.00 bits per heavy atom. The number of anilines is 2. The third-order valence-corrected chi connectivity index (χ3v) is 5.89. The fraction of sp³-hybridized carbons (Fsp3) is 0.333. The molecule has 0 saturated carbocycles. The Kier molecular flexibility index (Phi) is 8.98. The average molecular weight is 450 g/mol. The van der Waals surface area contributed by atoms with Gasteiger partial charge in [-0.3, -0.25) is 10.1 Å². The Labute approximate surface area is 182 Å². The number of ether oxygens (including phenoxy) is 2. The monoisotopic (exact) mass is 449 g/mol. The van der Waals surface area contributed by atoms with Crippen LogP contribution in [-0.4, -0.2) is 46.8 Å². The van der Waals surface area contributed by atoms with Gasteiger partial charge in [0.25, 0.3) is 5.91 Å². The van der Waals surface area contributed by atoms with E-state index >= 15 is 0 Å². The first-order chi connectivity index (χ1) is 14.7. The molecule has 1 unspecified atom stereocenters. The normalized spacial score (nSPS) is 12.1. The molecule has 0 aliphatic rings. The minimum atomic E-state index is -3.64. The van der Waals surface area contributed by atoms with Crippen molar-refractivity contribution < 1.29 is 27.5 Å². The molecule has 0 spiro atoms. The van der Waals surface area contributed by atoms with Gasteiger partial charge in [0, 0.05) is 30.1 Å². The molecule has 2 amide bonds. The lowest BCUT2D eigenvalue weighted by atomic mass is 10.2. The van der Waals surface area contributed by atoms with Crippen molar-refractivity contribution in [3.8, 4) is 0 Å².